The number of piperazine rings is 1. The quantitative estimate of drug-likeness (QED) is 0.560. The van der Waals surface area contributed by atoms with Gasteiger partial charge >= 0.3 is 5.97 Å². The Balaban J connectivity index is 2.23. The highest BCUT2D eigenvalue weighted by molar-refractivity contribution is 5.79. The van der Waals surface area contributed by atoms with Crippen LogP contribution >= 0.6 is 0 Å². The minimum Gasteiger partial charge on any atom is -0.468 e. The molecular weight excluding hydrogens is 254 g/mol. The summed E-state index contributed by atoms with van der Waals surface area (Å²) in [7, 11) is 3.60. The van der Waals surface area contributed by atoms with Crippen molar-refractivity contribution >= 4 is 5.97 Å². The Labute approximate surface area is 123 Å². The second-order valence-corrected chi connectivity index (χ2v) is 6.21. The fourth-order valence-electron chi connectivity index (χ4n) is 2.82. The molecule has 118 valence electrons. The van der Waals surface area contributed by atoms with Crippen molar-refractivity contribution < 1.29 is 9.53 Å². The number of nitrogens with two attached hydrogens (primary N) is 1. The molecular formula is C15H31N3O2. The van der Waals surface area contributed by atoms with Gasteiger partial charge in [-0.2, -0.15) is 0 Å². The standard InChI is InChI=1S/C15H31N3O2/c1-5-13-12-18(11-10-17(13)3)9-7-6-8-15(2,16)14(19)20-4/h13H,5-12,16H2,1-4H3. The van der Waals surface area contributed by atoms with E-state index in [0.29, 0.717) is 12.5 Å². The SMILES string of the molecule is CCC1CN(CCCCC(C)(N)C(=O)OC)CCN1C. The van der Waals surface area contributed by atoms with Gasteiger partial charge in [0.2, 0.25) is 0 Å². The number of carbonyl (C=O) groups is 1. The molecule has 2 unspecified atom stereocenters. The summed E-state index contributed by atoms with van der Waals surface area (Å²) >= 11 is 0. The Kier molecular flexibility index (Phi) is 6.92. The number of likely N-dealkylation sites (N-methyl/N-ethyl adjacent to an activating group) is 1. The largest absolute Gasteiger partial charge is 0.468 e. The van der Waals surface area contributed by atoms with E-state index in [-0.39, 0.29) is 5.97 Å². The highest BCUT2D eigenvalue weighted by Crippen LogP contribution is 2.15. The third-order valence-corrected chi connectivity index (χ3v) is 4.40. The first-order chi connectivity index (χ1) is 9.40. The van der Waals surface area contributed by atoms with Crippen molar-refractivity contribution in [1.82, 2.24) is 9.80 Å². The van der Waals surface area contributed by atoms with Gasteiger partial charge in [0.1, 0.15) is 5.54 Å². The number of carbonyl (C=O) groups excluding carboxylic acids is 1. The highest BCUT2D eigenvalue weighted by atomic mass is 16.5. The van der Waals surface area contributed by atoms with Gasteiger partial charge in [-0.3, -0.25) is 4.79 Å². The lowest BCUT2D eigenvalue weighted by atomic mass is 9.96. The number of hydrogen-bond acceptors (Lipinski definition) is 5. The predicted molar refractivity (Wildman–Crippen MR) is 81.6 cm³/mol. The number of methoxy groups -OCH3 is 1. The third-order valence-electron chi connectivity index (χ3n) is 4.40. The molecule has 0 spiro atoms. The molecule has 2 atom stereocenters. The molecule has 5 heteroatoms. The molecule has 20 heavy (non-hydrogen) atoms. The fourth-order valence-corrected chi connectivity index (χ4v) is 2.82. The van der Waals surface area contributed by atoms with Crippen molar-refractivity contribution in [1.29, 1.82) is 0 Å². The van der Waals surface area contributed by atoms with Crippen LogP contribution in [0, 0.1) is 0 Å². The topological polar surface area (TPSA) is 58.8 Å². The van der Waals surface area contributed by atoms with Gasteiger partial charge in [-0.05, 0) is 46.2 Å². The lowest BCUT2D eigenvalue weighted by Crippen LogP contribution is -2.51. The molecule has 0 aromatic heterocycles. The summed E-state index contributed by atoms with van der Waals surface area (Å²) in [5.74, 6) is -0.317. The van der Waals surface area contributed by atoms with Gasteiger partial charge in [0.15, 0.2) is 0 Å². The number of hydrogen-bond donors (Lipinski definition) is 1. The molecule has 2 N–H and O–H groups in total. The van der Waals surface area contributed by atoms with E-state index in [9.17, 15) is 4.79 Å². The second kappa shape index (κ2) is 7.96. The van der Waals surface area contributed by atoms with Gasteiger partial charge in [0.05, 0.1) is 7.11 Å². The Bertz CT molecular complexity index is 307. The van der Waals surface area contributed by atoms with E-state index >= 15 is 0 Å². The van der Waals surface area contributed by atoms with Crippen molar-refractivity contribution in [2.24, 2.45) is 5.73 Å². The number of ether oxygens (including phenoxy) is 1. The maximum Gasteiger partial charge on any atom is 0.325 e. The van der Waals surface area contributed by atoms with Crippen LogP contribution in [0.15, 0.2) is 0 Å². The van der Waals surface area contributed by atoms with Crippen LogP contribution in [-0.4, -0.2) is 67.7 Å². The van der Waals surface area contributed by atoms with E-state index < -0.39 is 5.54 Å². The number of rotatable bonds is 7. The number of esters is 1. The summed E-state index contributed by atoms with van der Waals surface area (Å²) in [6, 6.07) is 0.679. The summed E-state index contributed by atoms with van der Waals surface area (Å²) in [5.41, 5.74) is 5.11. The van der Waals surface area contributed by atoms with Gasteiger partial charge in [-0.15, -0.1) is 0 Å². The molecule has 0 aromatic rings. The predicted octanol–water partition coefficient (Wildman–Crippen LogP) is 1.07. The molecule has 0 aliphatic carbocycles. The van der Waals surface area contributed by atoms with E-state index in [4.69, 9.17) is 10.5 Å². The number of nitrogens with zero attached hydrogens (tertiary/aromatic N) is 2. The Morgan fingerprint density at radius 1 is 1.40 bits per heavy atom. The van der Waals surface area contributed by atoms with Crippen LogP contribution in [0.5, 0.6) is 0 Å². The normalized spacial score (nSPS) is 24.4. The Hall–Kier alpha value is -0.650. The summed E-state index contributed by atoms with van der Waals surface area (Å²) < 4.78 is 4.72. The van der Waals surface area contributed by atoms with Crippen LogP contribution in [0.25, 0.3) is 0 Å². The van der Waals surface area contributed by atoms with Gasteiger partial charge in [0.25, 0.3) is 0 Å². The monoisotopic (exact) mass is 285 g/mol. The van der Waals surface area contributed by atoms with Crippen LogP contribution in [0.1, 0.15) is 39.5 Å². The van der Waals surface area contributed by atoms with E-state index in [1.165, 1.54) is 13.5 Å². The maximum absolute atomic E-state index is 11.5. The average molecular weight is 285 g/mol. The van der Waals surface area contributed by atoms with Crippen molar-refractivity contribution in [3.8, 4) is 0 Å². The van der Waals surface area contributed by atoms with Crippen molar-refractivity contribution in [2.45, 2.75) is 51.1 Å². The van der Waals surface area contributed by atoms with Crippen LogP contribution in [0.2, 0.25) is 0 Å². The van der Waals surface area contributed by atoms with E-state index in [1.54, 1.807) is 6.92 Å². The molecule has 1 heterocycles. The van der Waals surface area contributed by atoms with Crippen LogP contribution in [0.3, 0.4) is 0 Å². The molecule has 1 fully saturated rings. The lowest BCUT2D eigenvalue weighted by Gasteiger charge is -2.39. The molecule has 1 aliphatic rings. The van der Waals surface area contributed by atoms with Crippen molar-refractivity contribution in [3.63, 3.8) is 0 Å². The van der Waals surface area contributed by atoms with Crippen LogP contribution in [-0.2, 0) is 9.53 Å². The number of unbranched alkanes of at least 4 members (excludes halogenated alkanes) is 1. The molecule has 5 nitrogen and oxygen atoms in total. The molecule has 1 saturated heterocycles. The second-order valence-electron chi connectivity index (χ2n) is 6.21. The van der Waals surface area contributed by atoms with Gasteiger partial charge in [-0.1, -0.05) is 6.92 Å². The lowest BCUT2D eigenvalue weighted by molar-refractivity contribution is -0.146. The smallest absolute Gasteiger partial charge is 0.325 e. The minimum absolute atomic E-state index is 0.317. The van der Waals surface area contributed by atoms with E-state index in [0.717, 1.165) is 39.0 Å². The molecule has 1 aliphatic heterocycles. The molecule has 0 radical (unpaired) electrons. The van der Waals surface area contributed by atoms with Gasteiger partial charge in [0, 0.05) is 25.7 Å². The van der Waals surface area contributed by atoms with Crippen LogP contribution < -0.4 is 5.73 Å². The van der Waals surface area contributed by atoms with E-state index in [2.05, 4.69) is 23.8 Å². The first kappa shape index (κ1) is 17.4. The third kappa shape index (κ3) is 5.04. The molecule has 0 bridgehead atoms. The molecule has 0 amide bonds. The molecule has 0 saturated carbocycles. The summed E-state index contributed by atoms with van der Waals surface area (Å²) in [6.45, 7) is 8.55. The Morgan fingerprint density at radius 2 is 2.10 bits per heavy atom. The summed E-state index contributed by atoms with van der Waals surface area (Å²) in [4.78, 5) is 16.5. The van der Waals surface area contributed by atoms with Gasteiger partial charge < -0.3 is 20.3 Å². The van der Waals surface area contributed by atoms with E-state index in [1.807, 2.05) is 0 Å². The first-order valence-electron chi connectivity index (χ1n) is 7.70. The first-order valence-corrected chi connectivity index (χ1v) is 7.70. The fraction of sp³-hybridized carbons (Fsp3) is 0.933. The zero-order valence-corrected chi connectivity index (χ0v) is 13.5. The van der Waals surface area contributed by atoms with Crippen molar-refractivity contribution in [3.05, 3.63) is 0 Å². The zero-order chi connectivity index (χ0) is 15.2. The Morgan fingerprint density at radius 3 is 2.70 bits per heavy atom. The van der Waals surface area contributed by atoms with Crippen molar-refractivity contribution in [2.75, 3.05) is 40.3 Å². The molecule has 0 aromatic carbocycles. The zero-order valence-electron chi connectivity index (χ0n) is 13.5. The van der Waals surface area contributed by atoms with Gasteiger partial charge in [-0.25, -0.2) is 0 Å². The maximum atomic E-state index is 11.5. The van der Waals surface area contributed by atoms with Crippen LogP contribution in [0.4, 0.5) is 0 Å². The summed E-state index contributed by atoms with van der Waals surface area (Å²) in [6.07, 6.45) is 3.94. The summed E-state index contributed by atoms with van der Waals surface area (Å²) in [5, 5.41) is 0. The highest BCUT2D eigenvalue weighted by Gasteiger charge is 2.29. The molecule has 1 rings (SSSR count). The average Bonchev–Trinajstić information content (AvgIpc) is 2.44. The minimum atomic E-state index is -0.844.